The highest BCUT2D eigenvalue weighted by Crippen LogP contribution is 2.06. The summed E-state index contributed by atoms with van der Waals surface area (Å²) in [6, 6.07) is 0. The van der Waals surface area contributed by atoms with E-state index in [1.54, 1.807) is 0 Å². The highest BCUT2D eigenvalue weighted by atomic mass is 32.1. The van der Waals surface area contributed by atoms with E-state index in [1.807, 2.05) is 0 Å². The van der Waals surface area contributed by atoms with Gasteiger partial charge < -0.3 is 0 Å². The Labute approximate surface area is 41.8 Å². The van der Waals surface area contributed by atoms with Crippen LogP contribution in [-0.2, 0) is 0 Å². The quantitative estimate of drug-likeness (QED) is 0.345. The average Bonchev–Trinajstić information content (AvgIpc) is 1.86. The van der Waals surface area contributed by atoms with Crippen LogP contribution in [-0.4, -0.2) is 5.37 Å². The Hall–Kier alpha value is -0.0400. The maximum absolute atomic E-state index is 2.26. The summed E-state index contributed by atoms with van der Waals surface area (Å²) in [7, 11) is 0. The van der Waals surface area contributed by atoms with E-state index in [4.69, 9.17) is 0 Å². The molecule has 0 aliphatic carbocycles. The smallest absolute Gasteiger partial charge is 0.00185 e. The van der Waals surface area contributed by atoms with Crippen molar-refractivity contribution in [2.75, 3.05) is 0 Å². The Morgan fingerprint density at radius 3 is 2.67 bits per heavy atom. The molecule has 1 heterocycles. The predicted molar refractivity (Wildman–Crippen MR) is 33.4 cm³/mol. The molecule has 0 amide bonds. The van der Waals surface area contributed by atoms with Gasteiger partial charge in [-0.05, 0) is 11.3 Å². The lowest BCUT2D eigenvalue weighted by Gasteiger charge is -1.83. The molecule has 1 aliphatic heterocycles. The van der Waals surface area contributed by atoms with Gasteiger partial charge in [0.1, 0.15) is 0 Å². The van der Waals surface area contributed by atoms with Gasteiger partial charge in [-0.1, -0.05) is 18.4 Å². The Kier molecular flexibility index (Phi) is 1.10. The van der Waals surface area contributed by atoms with Gasteiger partial charge in [0.15, 0.2) is 0 Å². The minimum absolute atomic E-state index is 0.728. The van der Waals surface area contributed by atoms with Crippen LogP contribution in [0.15, 0.2) is 11.5 Å². The molecule has 1 aliphatic rings. The molecule has 0 radical (unpaired) electrons. The Morgan fingerprint density at radius 2 is 2.50 bits per heavy atom. The van der Waals surface area contributed by atoms with Crippen molar-refractivity contribution < 1.29 is 0 Å². The number of rotatable bonds is 0. The summed E-state index contributed by atoms with van der Waals surface area (Å²) in [6.45, 7) is 2.19. The van der Waals surface area contributed by atoms with Crippen LogP contribution in [0.5, 0.6) is 0 Å². The average molecular weight is 100 g/mol. The lowest BCUT2D eigenvalue weighted by Crippen LogP contribution is -1.80. The molecule has 0 aromatic rings. The maximum atomic E-state index is 2.26. The third-order valence-corrected chi connectivity index (χ3v) is 1.78. The van der Waals surface area contributed by atoms with E-state index in [2.05, 4.69) is 23.8 Å². The highest BCUT2D eigenvalue weighted by molar-refractivity contribution is 8.00. The van der Waals surface area contributed by atoms with E-state index in [-0.39, 0.29) is 0 Å². The van der Waals surface area contributed by atoms with Crippen molar-refractivity contribution in [3.63, 3.8) is 0 Å². The summed E-state index contributed by atoms with van der Waals surface area (Å²) in [5, 5.41) is 4.44. The van der Waals surface area contributed by atoms with Gasteiger partial charge in [0.25, 0.3) is 0 Å². The van der Waals surface area contributed by atoms with Crippen LogP contribution in [0.3, 0.4) is 0 Å². The Morgan fingerprint density at radius 1 is 1.67 bits per heavy atom. The zero-order valence-corrected chi connectivity index (χ0v) is 4.65. The summed E-state index contributed by atoms with van der Waals surface area (Å²) < 4.78 is 0. The fraction of sp³-hybridized carbons (Fsp3) is 0.400. The number of hydrogen-bond acceptors (Lipinski definition) is 0. The summed E-state index contributed by atoms with van der Waals surface area (Å²) in [5.74, 6) is 0.728. The predicted octanol–water partition coefficient (Wildman–Crippen LogP) is 1.42. The van der Waals surface area contributed by atoms with Gasteiger partial charge >= 0.3 is 0 Å². The van der Waals surface area contributed by atoms with Crippen LogP contribution < -0.4 is 0 Å². The lowest BCUT2D eigenvalue weighted by atomic mass is 10.2. The second-order valence-electron chi connectivity index (χ2n) is 1.50. The van der Waals surface area contributed by atoms with Gasteiger partial charge in [0.2, 0.25) is 0 Å². The van der Waals surface area contributed by atoms with Gasteiger partial charge in [0, 0.05) is 0 Å². The van der Waals surface area contributed by atoms with E-state index in [9.17, 15) is 0 Å². The van der Waals surface area contributed by atoms with E-state index in [1.165, 1.54) is 11.4 Å². The molecule has 6 heavy (non-hydrogen) atoms. The first-order valence-corrected chi connectivity index (χ1v) is 3.13. The topological polar surface area (TPSA) is 0 Å². The molecule has 0 aromatic heterocycles. The molecule has 0 saturated carbocycles. The van der Waals surface area contributed by atoms with Gasteiger partial charge in [0.05, 0.1) is 0 Å². The zero-order valence-electron chi connectivity index (χ0n) is 3.76. The first-order chi connectivity index (χ1) is 2.89. The van der Waals surface area contributed by atoms with Crippen LogP contribution >= 0.6 is 11.4 Å². The third-order valence-electron chi connectivity index (χ3n) is 0.797. The molecule has 0 fully saturated rings. The molecule has 0 N–H and O–H groups in total. The zero-order chi connectivity index (χ0) is 4.41. The molecule has 0 bridgehead atoms. The molecule has 0 aromatic carbocycles. The van der Waals surface area contributed by atoms with Gasteiger partial charge in [-0.2, -0.15) is 11.4 Å². The summed E-state index contributed by atoms with van der Waals surface area (Å²) in [6.07, 6.45) is 2.21. The van der Waals surface area contributed by atoms with Crippen LogP contribution in [0.2, 0.25) is 0 Å². The fourth-order valence-corrected chi connectivity index (χ4v) is 1.26. The van der Waals surface area contributed by atoms with E-state index in [0.29, 0.717) is 0 Å². The largest absolute Gasteiger partial charge is 0.180 e. The molecule has 0 unspecified atom stereocenters. The molecule has 1 heteroatoms. The second-order valence-corrected chi connectivity index (χ2v) is 2.39. The van der Waals surface area contributed by atoms with Crippen molar-refractivity contribution >= 4 is 16.7 Å². The number of thiol groups is 1. The van der Waals surface area contributed by atoms with Gasteiger partial charge in [-0.15, -0.1) is 0 Å². The van der Waals surface area contributed by atoms with Crippen molar-refractivity contribution in [3.8, 4) is 0 Å². The van der Waals surface area contributed by atoms with Crippen LogP contribution in [0.1, 0.15) is 6.92 Å². The maximum Gasteiger partial charge on any atom is -0.00185 e. The molecular weight excluding hydrogens is 92.1 g/mol. The summed E-state index contributed by atoms with van der Waals surface area (Å²) in [4.78, 5) is 0. The number of hydrogen-bond donors (Lipinski definition) is 1. The molecule has 1 rings (SSSR count). The lowest BCUT2D eigenvalue weighted by molar-refractivity contribution is 1.05. The van der Waals surface area contributed by atoms with E-state index >= 15 is 0 Å². The summed E-state index contributed by atoms with van der Waals surface area (Å²) in [5.41, 5.74) is 0. The van der Waals surface area contributed by atoms with Gasteiger partial charge in [-0.25, -0.2) is 0 Å². The minimum atomic E-state index is 0.728. The normalized spacial score (nSPS) is 30.5. The Balaban J connectivity index is 2.60. The molecular formula is C5H8S. The standard InChI is InChI=1S/C5H8S/c1-5-2-3-6-4-5/h2-6H,1H3/t5-/m1/s1. The van der Waals surface area contributed by atoms with Crippen molar-refractivity contribution in [3.05, 3.63) is 11.5 Å². The van der Waals surface area contributed by atoms with Crippen molar-refractivity contribution in [1.82, 2.24) is 0 Å². The van der Waals surface area contributed by atoms with Crippen LogP contribution in [0.25, 0.3) is 0 Å². The van der Waals surface area contributed by atoms with Crippen LogP contribution in [0, 0.1) is 5.92 Å². The molecule has 0 spiro atoms. The fourth-order valence-electron chi connectivity index (χ4n) is 0.421. The van der Waals surface area contributed by atoms with E-state index < -0.39 is 0 Å². The first-order valence-electron chi connectivity index (χ1n) is 2.09. The van der Waals surface area contributed by atoms with Crippen LogP contribution in [0.4, 0.5) is 0 Å². The third kappa shape index (κ3) is 0.716. The van der Waals surface area contributed by atoms with Crippen molar-refractivity contribution in [1.29, 1.82) is 0 Å². The van der Waals surface area contributed by atoms with Gasteiger partial charge in [-0.3, -0.25) is 0 Å². The van der Waals surface area contributed by atoms with Crippen molar-refractivity contribution in [2.24, 2.45) is 5.92 Å². The SMILES string of the molecule is C[C@@H]1C=C[SH]=C1. The molecule has 0 nitrogen and oxygen atoms in total. The molecule has 34 valence electrons. The number of allylic oxidation sites excluding steroid dienone is 1. The molecule has 1 atom stereocenters. The highest BCUT2D eigenvalue weighted by Gasteiger charge is 1.89. The monoisotopic (exact) mass is 100 g/mol. The van der Waals surface area contributed by atoms with Crippen molar-refractivity contribution in [2.45, 2.75) is 6.92 Å². The second kappa shape index (κ2) is 1.61. The summed E-state index contributed by atoms with van der Waals surface area (Å²) >= 11 is 1.38. The Bertz CT molecular complexity index is 80.1. The first kappa shape index (κ1) is 4.13. The molecule has 0 saturated heterocycles. The van der Waals surface area contributed by atoms with E-state index in [0.717, 1.165) is 5.92 Å². The minimum Gasteiger partial charge on any atom is -0.180 e.